The topological polar surface area (TPSA) is 78.3 Å². The van der Waals surface area contributed by atoms with Crippen molar-refractivity contribution in [2.24, 2.45) is 0 Å². The predicted molar refractivity (Wildman–Crippen MR) is 90.6 cm³/mol. The van der Waals surface area contributed by atoms with Crippen LogP contribution < -0.4 is 14.8 Å². The van der Waals surface area contributed by atoms with Crippen LogP contribution >= 0.6 is 0 Å². The third-order valence-electron chi connectivity index (χ3n) is 5.11. The van der Waals surface area contributed by atoms with Crippen LogP contribution in [-0.2, 0) is 16.8 Å². The molecule has 1 aliphatic carbocycles. The largest absolute Gasteiger partial charge is 0.486 e. The summed E-state index contributed by atoms with van der Waals surface area (Å²) in [5, 5.41) is 7.06. The van der Waals surface area contributed by atoms with Crippen LogP contribution in [0, 0.1) is 0 Å². The number of nitrogens with one attached hydrogen (secondary N) is 1. The van der Waals surface area contributed by atoms with Crippen LogP contribution in [0.5, 0.6) is 11.5 Å². The number of nitrogens with zero attached hydrogens (tertiary/aromatic N) is 3. The maximum Gasteiger partial charge on any atom is 0.241 e. The third kappa shape index (κ3) is 3.31. The normalized spacial score (nSPS) is 18.1. The average Bonchev–Trinajstić information content (AvgIpc) is 3.32. The summed E-state index contributed by atoms with van der Waals surface area (Å²) in [7, 11) is 0. The molecule has 1 saturated carbocycles. The van der Waals surface area contributed by atoms with Crippen LogP contribution in [0.15, 0.2) is 30.9 Å². The van der Waals surface area contributed by atoms with Crippen LogP contribution in [-0.4, -0.2) is 40.4 Å². The summed E-state index contributed by atoms with van der Waals surface area (Å²) in [6.07, 6.45) is 7.46. The van der Waals surface area contributed by atoms with Gasteiger partial charge in [-0.2, -0.15) is 5.10 Å². The van der Waals surface area contributed by atoms with E-state index in [9.17, 15) is 4.79 Å². The first-order valence-electron chi connectivity index (χ1n) is 8.74. The van der Waals surface area contributed by atoms with Gasteiger partial charge < -0.3 is 14.8 Å². The number of carbonyl (C=O) groups is 1. The van der Waals surface area contributed by atoms with Crippen LogP contribution in [0.3, 0.4) is 0 Å². The maximum atomic E-state index is 12.2. The number of rotatable bonds is 5. The molecular weight excluding hydrogens is 320 g/mol. The van der Waals surface area contributed by atoms with E-state index >= 15 is 0 Å². The Morgan fingerprint density at radius 2 is 2.00 bits per heavy atom. The lowest BCUT2D eigenvalue weighted by Gasteiger charge is -2.31. The zero-order valence-corrected chi connectivity index (χ0v) is 14.1. The molecule has 7 heteroatoms. The number of benzene rings is 1. The van der Waals surface area contributed by atoms with Gasteiger partial charge in [-0.3, -0.25) is 4.79 Å². The summed E-state index contributed by atoms with van der Waals surface area (Å²) < 4.78 is 12.9. The number of ether oxygens (including phenoxy) is 2. The van der Waals surface area contributed by atoms with Gasteiger partial charge in [-0.1, -0.05) is 18.9 Å². The van der Waals surface area contributed by atoms with Crippen molar-refractivity contribution in [1.82, 2.24) is 20.1 Å². The zero-order valence-electron chi connectivity index (χ0n) is 14.1. The lowest BCUT2D eigenvalue weighted by Crippen LogP contribution is -2.40. The van der Waals surface area contributed by atoms with Crippen molar-refractivity contribution in [1.29, 1.82) is 0 Å². The number of amides is 1. The second-order valence-electron chi connectivity index (χ2n) is 6.72. The van der Waals surface area contributed by atoms with Crippen molar-refractivity contribution >= 4 is 5.91 Å². The Labute approximate surface area is 146 Å². The molecule has 0 bridgehead atoms. The summed E-state index contributed by atoms with van der Waals surface area (Å²) in [4.78, 5) is 16.1. The molecule has 0 spiro atoms. The molecule has 0 unspecified atom stereocenters. The van der Waals surface area contributed by atoms with Gasteiger partial charge in [0.2, 0.25) is 5.91 Å². The van der Waals surface area contributed by atoms with Crippen LogP contribution in [0.25, 0.3) is 0 Å². The molecule has 0 saturated heterocycles. The Balaban J connectivity index is 1.49. The molecule has 0 atom stereocenters. The number of carbonyl (C=O) groups excluding carboxylic acids is 1. The fourth-order valence-corrected chi connectivity index (χ4v) is 3.78. The second kappa shape index (κ2) is 6.74. The molecule has 1 aromatic carbocycles. The van der Waals surface area contributed by atoms with E-state index in [-0.39, 0.29) is 17.9 Å². The van der Waals surface area contributed by atoms with Gasteiger partial charge in [0.25, 0.3) is 0 Å². The van der Waals surface area contributed by atoms with E-state index < -0.39 is 0 Å². The molecule has 2 aliphatic rings. The molecule has 25 heavy (non-hydrogen) atoms. The fraction of sp³-hybridized carbons (Fsp3) is 0.500. The third-order valence-corrected chi connectivity index (χ3v) is 5.11. The average molecular weight is 342 g/mol. The van der Waals surface area contributed by atoms with Crippen LogP contribution in [0.1, 0.15) is 31.2 Å². The molecule has 2 aromatic rings. The van der Waals surface area contributed by atoms with E-state index in [0.29, 0.717) is 19.8 Å². The lowest BCUT2D eigenvalue weighted by molar-refractivity contribution is -0.122. The molecular formula is C18H22N4O3. The summed E-state index contributed by atoms with van der Waals surface area (Å²) in [5.41, 5.74) is 1.18. The summed E-state index contributed by atoms with van der Waals surface area (Å²) in [6.45, 7) is 1.99. The summed E-state index contributed by atoms with van der Waals surface area (Å²) in [5.74, 6) is 1.57. The number of fused-ring (bicyclic) bond motifs is 1. The highest BCUT2D eigenvalue weighted by atomic mass is 16.6. The monoisotopic (exact) mass is 342 g/mol. The number of hydrogen-bond acceptors (Lipinski definition) is 5. The van der Waals surface area contributed by atoms with E-state index in [1.165, 1.54) is 29.4 Å². The Morgan fingerprint density at radius 3 is 2.76 bits per heavy atom. The van der Waals surface area contributed by atoms with Gasteiger partial charge in [0, 0.05) is 12.0 Å². The van der Waals surface area contributed by atoms with Gasteiger partial charge in [-0.25, -0.2) is 9.67 Å². The van der Waals surface area contributed by atoms with E-state index in [0.717, 1.165) is 24.3 Å². The van der Waals surface area contributed by atoms with Crippen molar-refractivity contribution < 1.29 is 14.3 Å². The molecule has 1 aliphatic heterocycles. The quantitative estimate of drug-likeness (QED) is 0.894. The van der Waals surface area contributed by atoms with Gasteiger partial charge in [-0.15, -0.1) is 0 Å². The van der Waals surface area contributed by atoms with Gasteiger partial charge in [0.05, 0.1) is 0 Å². The SMILES string of the molecule is O=C(Cn1cncn1)NCC1(c2ccc3c(c2)OCCO3)CCCC1. The molecule has 0 radical (unpaired) electrons. The maximum absolute atomic E-state index is 12.2. The molecule has 132 valence electrons. The first-order valence-corrected chi connectivity index (χ1v) is 8.74. The van der Waals surface area contributed by atoms with Crippen molar-refractivity contribution in [3.8, 4) is 11.5 Å². The van der Waals surface area contributed by atoms with Crippen LogP contribution in [0.2, 0.25) is 0 Å². The second-order valence-corrected chi connectivity index (χ2v) is 6.72. The summed E-state index contributed by atoms with van der Waals surface area (Å²) in [6, 6.07) is 6.19. The van der Waals surface area contributed by atoms with Crippen molar-refractivity contribution in [2.45, 2.75) is 37.6 Å². The zero-order chi connectivity index (χ0) is 17.1. The van der Waals surface area contributed by atoms with E-state index in [2.05, 4.69) is 27.5 Å². The minimum atomic E-state index is -0.0469. The van der Waals surface area contributed by atoms with Crippen LogP contribution in [0.4, 0.5) is 0 Å². The molecule has 1 fully saturated rings. The number of hydrogen-bond donors (Lipinski definition) is 1. The highest BCUT2D eigenvalue weighted by molar-refractivity contribution is 5.75. The molecule has 4 rings (SSSR count). The van der Waals surface area contributed by atoms with Gasteiger partial charge in [0.15, 0.2) is 11.5 Å². The van der Waals surface area contributed by atoms with Crippen molar-refractivity contribution in [2.75, 3.05) is 19.8 Å². The number of aromatic nitrogens is 3. The molecule has 2 heterocycles. The van der Waals surface area contributed by atoms with E-state index in [4.69, 9.17) is 9.47 Å². The highest BCUT2D eigenvalue weighted by Crippen LogP contribution is 2.43. The van der Waals surface area contributed by atoms with Gasteiger partial charge >= 0.3 is 0 Å². The van der Waals surface area contributed by atoms with Crippen molar-refractivity contribution in [3.63, 3.8) is 0 Å². The Bertz CT molecular complexity index is 739. The predicted octanol–water partition coefficient (Wildman–Crippen LogP) is 1.68. The summed E-state index contributed by atoms with van der Waals surface area (Å²) >= 11 is 0. The molecule has 1 aromatic heterocycles. The van der Waals surface area contributed by atoms with Crippen molar-refractivity contribution in [3.05, 3.63) is 36.4 Å². The van der Waals surface area contributed by atoms with E-state index in [1.807, 2.05) is 6.07 Å². The highest BCUT2D eigenvalue weighted by Gasteiger charge is 2.36. The first-order chi connectivity index (χ1) is 12.3. The minimum Gasteiger partial charge on any atom is -0.486 e. The lowest BCUT2D eigenvalue weighted by atomic mass is 9.78. The Kier molecular flexibility index (Phi) is 4.29. The van der Waals surface area contributed by atoms with Gasteiger partial charge in [0.1, 0.15) is 32.4 Å². The molecule has 1 amide bonds. The molecule has 1 N–H and O–H groups in total. The Morgan fingerprint density at radius 1 is 1.20 bits per heavy atom. The standard InChI is InChI=1S/C18H22N4O3/c23-17(10-22-13-19-12-21-22)20-11-18(5-1-2-6-18)14-3-4-15-16(9-14)25-8-7-24-15/h3-4,9,12-13H,1-2,5-8,10-11H2,(H,20,23). The first kappa shape index (κ1) is 15.9. The minimum absolute atomic E-state index is 0.0339. The smallest absolute Gasteiger partial charge is 0.241 e. The Hall–Kier alpha value is -2.57. The molecule has 7 nitrogen and oxygen atoms in total. The van der Waals surface area contributed by atoms with E-state index in [1.54, 1.807) is 6.33 Å². The van der Waals surface area contributed by atoms with Gasteiger partial charge in [-0.05, 0) is 30.5 Å². The fourth-order valence-electron chi connectivity index (χ4n) is 3.78.